The SMILES string of the molecule is COc1ccc(-c2ccnc3[nH]c(-c4cccc(C(=O)NCCC#N)c4)nc23)cc1.Cl. The Labute approximate surface area is 185 Å². The Morgan fingerprint density at radius 1 is 1.16 bits per heavy atom. The third kappa shape index (κ3) is 4.65. The van der Waals surface area contributed by atoms with Gasteiger partial charge < -0.3 is 15.0 Å². The number of fused-ring (bicyclic) bond motifs is 1. The van der Waals surface area contributed by atoms with Crippen LogP contribution < -0.4 is 10.1 Å². The number of amides is 1. The van der Waals surface area contributed by atoms with Gasteiger partial charge in [-0.3, -0.25) is 4.79 Å². The van der Waals surface area contributed by atoms with Crippen molar-refractivity contribution in [3.05, 3.63) is 66.4 Å². The number of nitrogens with zero attached hydrogens (tertiary/aromatic N) is 3. The number of halogens is 1. The van der Waals surface area contributed by atoms with E-state index in [9.17, 15) is 4.79 Å². The van der Waals surface area contributed by atoms with Crippen LogP contribution in [0.3, 0.4) is 0 Å². The number of methoxy groups -OCH3 is 1. The molecule has 0 radical (unpaired) electrons. The zero-order valence-electron chi connectivity index (χ0n) is 16.8. The molecule has 2 aromatic carbocycles. The molecule has 2 N–H and O–H groups in total. The number of H-pyrrole nitrogens is 1. The molecule has 2 heterocycles. The van der Waals surface area contributed by atoms with Crippen molar-refractivity contribution in [2.75, 3.05) is 13.7 Å². The first-order valence-corrected chi connectivity index (χ1v) is 9.44. The van der Waals surface area contributed by atoms with Crippen LogP contribution in [0.25, 0.3) is 33.7 Å². The molecule has 0 spiro atoms. The van der Waals surface area contributed by atoms with E-state index in [1.54, 1.807) is 31.5 Å². The highest BCUT2D eigenvalue weighted by Gasteiger charge is 2.13. The maximum Gasteiger partial charge on any atom is 0.251 e. The lowest BCUT2D eigenvalue weighted by atomic mass is 10.1. The fourth-order valence-corrected chi connectivity index (χ4v) is 3.19. The third-order valence-electron chi connectivity index (χ3n) is 4.71. The van der Waals surface area contributed by atoms with Gasteiger partial charge in [0.25, 0.3) is 5.91 Å². The number of aromatic amines is 1. The number of hydrogen-bond donors (Lipinski definition) is 2. The minimum Gasteiger partial charge on any atom is -0.497 e. The largest absolute Gasteiger partial charge is 0.497 e. The van der Waals surface area contributed by atoms with Gasteiger partial charge in [0.05, 0.1) is 19.6 Å². The topological polar surface area (TPSA) is 104 Å². The van der Waals surface area contributed by atoms with Crippen molar-refractivity contribution in [2.24, 2.45) is 0 Å². The van der Waals surface area contributed by atoms with E-state index in [0.29, 0.717) is 23.6 Å². The van der Waals surface area contributed by atoms with Crippen molar-refractivity contribution in [2.45, 2.75) is 6.42 Å². The molecule has 1 amide bonds. The normalized spacial score (nSPS) is 10.2. The Morgan fingerprint density at radius 3 is 2.71 bits per heavy atom. The van der Waals surface area contributed by atoms with Crippen molar-refractivity contribution in [1.29, 1.82) is 5.26 Å². The van der Waals surface area contributed by atoms with Gasteiger partial charge in [-0.25, -0.2) is 9.97 Å². The second-order valence-corrected chi connectivity index (χ2v) is 6.61. The van der Waals surface area contributed by atoms with Crippen molar-refractivity contribution in [1.82, 2.24) is 20.3 Å². The average Bonchev–Trinajstić information content (AvgIpc) is 3.24. The molecule has 0 saturated carbocycles. The number of hydrogen-bond acceptors (Lipinski definition) is 5. The quantitative estimate of drug-likeness (QED) is 0.439. The lowest BCUT2D eigenvalue weighted by Crippen LogP contribution is -2.24. The van der Waals surface area contributed by atoms with Crippen molar-refractivity contribution in [3.63, 3.8) is 0 Å². The summed E-state index contributed by atoms with van der Waals surface area (Å²) in [6, 6.07) is 18.9. The summed E-state index contributed by atoms with van der Waals surface area (Å²) in [5.74, 6) is 1.20. The third-order valence-corrected chi connectivity index (χ3v) is 4.71. The molecule has 0 fully saturated rings. The summed E-state index contributed by atoms with van der Waals surface area (Å²) in [5.41, 5.74) is 4.67. The van der Waals surface area contributed by atoms with E-state index in [4.69, 9.17) is 15.0 Å². The first-order valence-electron chi connectivity index (χ1n) is 9.44. The minimum absolute atomic E-state index is 0. The van der Waals surface area contributed by atoms with E-state index in [0.717, 1.165) is 28.0 Å². The number of carbonyl (C=O) groups is 1. The molecular weight excluding hydrogens is 414 g/mol. The highest BCUT2D eigenvalue weighted by atomic mass is 35.5. The number of imidazole rings is 1. The number of nitrogens with one attached hydrogen (secondary N) is 2. The molecule has 31 heavy (non-hydrogen) atoms. The Bertz CT molecular complexity index is 1250. The van der Waals surface area contributed by atoms with Gasteiger partial charge in [-0.05, 0) is 35.9 Å². The van der Waals surface area contributed by atoms with Crippen LogP contribution >= 0.6 is 12.4 Å². The number of rotatable bonds is 6. The monoisotopic (exact) mass is 433 g/mol. The summed E-state index contributed by atoms with van der Waals surface area (Å²) in [6.07, 6.45) is 2.01. The molecule has 0 saturated heterocycles. The number of nitriles is 1. The Kier molecular flexibility index (Phi) is 6.85. The predicted molar refractivity (Wildman–Crippen MR) is 121 cm³/mol. The van der Waals surface area contributed by atoms with Crippen LogP contribution in [-0.4, -0.2) is 34.5 Å². The van der Waals surface area contributed by atoms with Crippen LogP contribution in [0.4, 0.5) is 0 Å². The highest BCUT2D eigenvalue weighted by Crippen LogP contribution is 2.29. The van der Waals surface area contributed by atoms with Crippen LogP contribution in [0.5, 0.6) is 5.75 Å². The molecule has 0 bridgehead atoms. The number of pyridine rings is 1. The lowest BCUT2D eigenvalue weighted by Gasteiger charge is -2.04. The number of benzene rings is 2. The fourth-order valence-electron chi connectivity index (χ4n) is 3.19. The summed E-state index contributed by atoms with van der Waals surface area (Å²) in [5, 5.41) is 11.3. The van der Waals surface area contributed by atoms with Gasteiger partial charge in [0.15, 0.2) is 5.65 Å². The molecule has 8 heteroatoms. The molecule has 0 aliphatic rings. The van der Waals surface area contributed by atoms with Gasteiger partial charge in [-0.15, -0.1) is 12.4 Å². The molecule has 2 aromatic heterocycles. The number of ether oxygens (including phenoxy) is 1. The minimum atomic E-state index is -0.222. The summed E-state index contributed by atoms with van der Waals surface area (Å²) in [6.45, 7) is 0.319. The second-order valence-electron chi connectivity index (χ2n) is 6.61. The maximum atomic E-state index is 12.3. The molecular formula is C23H20ClN5O2. The standard InChI is InChI=1S/C23H19N5O2.ClH/c1-30-18-8-6-15(7-9-18)19-10-13-25-22-20(19)27-21(28-22)16-4-2-5-17(14-16)23(29)26-12-3-11-24;/h2,4-10,13-14H,3,12H2,1H3,(H,26,29)(H,25,27,28);1H. The van der Waals surface area contributed by atoms with E-state index < -0.39 is 0 Å². The first kappa shape index (κ1) is 21.8. The van der Waals surface area contributed by atoms with Gasteiger partial charge in [-0.1, -0.05) is 24.3 Å². The van der Waals surface area contributed by atoms with Crippen molar-refractivity contribution < 1.29 is 9.53 Å². The highest BCUT2D eigenvalue weighted by molar-refractivity contribution is 5.96. The van der Waals surface area contributed by atoms with Gasteiger partial charge in [0.2, 0.25) is 0 Å². The lowest BCUT2D eigenvalue weighted by molar-refractivity contribution is 0.0954. The first-order chi connectivity index (χ1) is 14.7. The molecule has 0 unspecified atom stereocenters. The van der Waals surface area contributed by atoms with Crippen LogP contribution in [0, 0.1) is 11.3 Å². The Morgan fingerprint density at radius 2 is 1.97 bits per heavy atom. The molecule has 7 nitrogen and oxygen atoms in total. The predicted octanol–water partition coefficient (Wildman–Crippen LogP) is 4.37. The van der Waals surface area contributed by atoms with Crippen LogP contribution in [0.1, 0.15) is 16.8 Å². The Hall–Kier alpha value is -3.89. The number of carbonyl (C=O) groups excluding carboxylic acids is 1. The summed E-state index contributed by atoms with van der Waals surface area (Å²) >= 11 is 0. The molecule has 0 aliphatic heterocycles. The van der Waals surface area contributed by atoms with E-state index in [2.05, 4.69) is 15.3 Å². The molecule has 156 valence electrons. The maximum absolute atomic E-state index is 12.3. The molecule has 4 aromatic rings. The average molecular weight is 434 g/mol. The molecule has 4 rings (SSSR count). The van der Waals surface area contributed by atoms with E-state index >= 15 is 0 Å². The van der Waals surface area contributed by atoms with Gasteiger partial charge in [-0.2, -0.15) is 5.26 Å². The summed E-state index contributed by atoms with van der Waals surface area (Å²) in [4.78, 5) is 24.7. The summed E-state index contributed by atoms with van der Waals surface area (Å²) < 4.78 is 5.23. The smallest absolute Gasteiger partial charge is 0.251 e. The van der Waals surface area contributed by atoms with Gasteiger partial charge in [0.1, 0.15) is 17.1 Å². The van der Waals surface area contributed by atoms with Crippen LogP contribution in [0.2, 0.25) is 0 Å². The van der Waals surface area contributed by atoms with Crippen LogP contribution in [0.15, 0.2) is 60.8 Å². The van der Waals surface area contributed by atoms with E-state index in [1.807, 2.05) is 42.5 Å². The molecule has 0 atom stereocenters. The Balaban J connectivity index is 0.00000272. The zero-order valence-corrected chi connectivity index (χ0v) is 17.6. The van der Waals surface area contributed by atoms with E-state index in [-0.39, 0.29) is 24.7 Å². The number of aromatic nitrogens is 3. The van der Waals surface area contributed by atoms with E-state index in [1.165, 1.54) is 0 Å². The fraction of sp³-hybridized carbons (Fsp3) is 0.130. The zero-order chi connectivity index (χ0) is 20.9. The van der Waals surface area contributed by atoms with Crippen LogP contribution in [-0.2, 0) is 0 Å². The van der Waals surface area contributed by atoms with Gasteiger partial charge in [0, 0.05) is 29.4 Å². The second kappa shape index (κ2) is 9.74. The summed E-state index contributed by atoms with van der Waals surface area (Å²) in [7, 11) is 1.64. The molecule has 0 aliphatic carbocycles. The van der Waals surface area contributed by atoms with Gasteiger partial charge >= 0.3 is 0 Å². The van der Waals surface area contributed by atoms with Crippen molar-refractivity contribution in [3.8, 4) is 34.3 Å². The van der Waals surface area contributed by atoms with Crippen molar-refractivity contribution >= 4 is 29.5 Å².